The van der Waals surface area contributed by atoms with Crippen LogP contribution < -0.4 is 13.8 Å². The number of amides is 1. The molecule has 226 valence electrons. The molecule has 5 rings (SSSR count). The summed E-state index contributed by atoms with van der Waals surface area (Å²) < 4.78 is 52.1. The second-order valence-electron chi connectivity index (χ2n) is 11.4. The molecular weight excluding hydrogens is 573 g/mol. The number of β-amino-alcohol motifs (C(OH)–C–C–N with tert-alkyl or cyclic N) is 1. The van der Waals surface area contributed by atoms with Gasteiger partial charge in [-0.3, -0.25) is 14.1 Å². The van der Waals surface area contributed by atoms with Gasteiger partial charge in [0.05, 0.1) is 30.2 Å². The Morgan fingerprint density at radius 2 is 1.72 bits per heavy atom. The predicted molar refractivity (Wildman–Crippen MR) is 163 cm³/mol. The highest BCUT2D eigenvalue weighted by molar-refractivity contribution is 7.92. The normalized spacial score (nSPS) is 13.4. The molecule has 2 heterocycles. The number of fused-ring (bicyclic) bond motifs is 2. The quantitative estimate of drug-likeness (QED) is 0.279. The number of ether oxygens (including phenoxy) is 2. The number of hydrogen-bond donors (Lipinski definition) is 1. The molecule has 1 aliphatic heterocycles. The third kappa shape index (κ3) is 6.42. The summed E-state index contributed by atoms with van der Waals surface area (Å²) in [7, 11) is -0.735. The molecule has 1 amide bonds. The van der Waals surface area contributed by atoms with Gasteiger partial charge in [0.15, 0.2) is 5.75 Å². The summed E-state index contributed by atoms with van der Waals surface area (Å²) in [5.41, 5.74) is 2.60. The van der Waals surface area contributed by atoms with Crippen molar-refractivity contribution in [2.75, 3.05) is 31.3 Å². The summed E-state index contributed by atoms with van der Waals surface area (Å²) in [4.78, 5) is 20.1. The maximum atomic E-state index is 13.9. The van der Waals surface area contributed by atoms with Crippen molar-refractivity contribution >= 4 is 32.5 Å². The van der Waals surface area contributed by atoms with E-state index in [1.807, 2.05) is 30.3 Å². The number of nitrogens with zero attached hydrogens (tertiary/aromatic N) is 3. The van der Waals surface area contributed by atoms with Crippen molar-refractivity contribution in [1.29, 1.82) is 0 Å². The van der Waals surface area contributed by atoms with Gasteiger partial charge in [-0.2, -0.15) is 0 Å². The van der Waals surface area contributed by atoms with Gasteiger partial charge in [-0.05, 0) is 67.3 Å². The lowest BCUT2D eigenvalue weighted by molar-refractivity contribution is 0.0313. The Labute approximate surface area is 250 Å². The fourth-order valence-electron chi connectivity index (χ4n) is 5.28. The highest BCUT2D eigenvalue weighted by Gasteiger charge is 2.39. The number of carbonyl (C=O) groups excluding carboxylic acids is 1. The first kappa shape index (κ1) is 30.2. The first-order chi connectivity index (χ1) is 20.2. The first-order valence-corrected chi connectivity index (χ1v) is 15.5. The Hall–Kier alpha value is -4.22. The van der Waals surface area contributed by atoms with Crippen LogP contribution in [0, 0.1) is 5.82 Å². The molecular formula is C32H34FN3O6S. The number of aromatic nitrogens is 1. The van der Waals surface area contributed by atoms with Gasteiger partial charge in [-0.1, -0.05) is 24.3 Å². The van der Waals surface area contributed by atoms with Gasteiger partial charge in [-0.25, -0.2) is 12.8 Å². The van der Waals surface area contributed by atoms with Gasteiger partial charge in [0, 0.05) is 37.3 Å². The van der Waals surface area contributed by atoms with Crippen molar-refractivity contribution in [3.05, 3.63) is 94.4 Å². The van der Waals surface area contributed by atoms with Crippen molar-refractivity contribution in [2.24, 2.45) is 0 Å². The van der Waals surface area contributed by atoms with Crippen LogP contribution in [-0.2, 0) is 29.6 Å². The van der Waals surface area contributed by atoms with E-state index in [9.17, 15) is 22.7 Å². The Morgan fingerprint density at radius 3 is 2.33 bits per heavy atom. The minimum atomic E-state index is -3.76. The number of aliphatic hydroxyl groups is 1. The van der Waals surface area contributed by atoms with Gasteiger partial charge >= 0.3 is 0 Å². The number of benzene rings is 3. The van der Waals surface area contributed by atoms with Crippen molar-refractivity contribution in [3.63, 3.8) is 0 Å². The number of carbonyl (C=O) groups is 1. The molecule has 3 aromatic carbocycles. The Morgan fingerprint density at radius 1 is 1.07 bits per heavy atom. The van der Waals surface area contributed by atoms with Crippen LogP contribution >= 0.6 is 0 Å². The fourth-order valence-corrected chi connectivity index (χ4v) is 5.82. The molecule has 4 aromatic rings. The maximum absolute atomic E-state index is 13.9. The number of sulfonamides is 1. The summed E-state index contributed by atoms with van der Waals surface area (Å²) >= 11 is 0. The molecule has 0 aliphatic carbocycles. The molecule has 0 unspecified atom stereocenters. The largest absolute Gasteiger partial charge is 0.497 e. The van der Waals surface area contributed by atoms with E-state index >= 15 is 0 Å². The van der Waals surface area contributed by atoms with E-state index in [0.717, 1.165) is 27.3 Å². The molecule has 0 radical (unpaired) electrons. The lowest BCUT2D eigenvalue weighted by Crippen LogP contribution is -2.38. The number of hydrogen-bond acceptors (Lipinski definition) is 7. The van der Waals surface area contributed by atoms with Gasteiger partial charge in [0.25, 0.3) is 5.91 Å². The molecule has 1 aromatic heterocycles. The van der Waals surface area contributed by atoms with Crippen LogP contribution in [0.25, 0.3) is 10.9 Å². The highest BCUT2D eigenvalue weighted by atomic mass is 32.2. The average molecular weight is 608 g/mol. The van der Waals surface area contributed by atoms with E-state index < -0.39 is 15.6 Å². The minimum absolute atomic E-state index is 0.0278. The van der Waals surface area contributed by atoms with E-state index in [1.54, 1.807) is 39.3 Å². The topological polar surface area (TPSA) is 109 Å². The molecule has 0 atom stereocenters. The van der Waals surface area contributed by atoms with Crippen LogP contribution in [0.3, 0.4) is 0 Å². The van der Waals surface area contributed by atoms with Gasteiger partial charge in [0.2, 0.25) is 10.0 Å². The van der Waals surface area contributed by atoms with E-state index in [4.69, 9.17) is 14.5 Å². The number of rotatable bonds is 10. The number of halogens is 1. The van der Waals surface area contributed by atoms with E-state index in [0.29, 0.717) is 34.3 Å². The molecule has 9 nitrogen and oxygen atoms in total. The molecule has 0 saturated carbocycles. The van der Waals surface area contributed by atoms with E-state index in [-0.39, 0.29) is 42.7 Å². The van der Waals surface area contributed by atoms with Crippen LogP contribution in [0.15, 0.2) is 60.8 Å². The first-order valence-electron chi connectivity index (χ1n) is 13.7. The molecule has 11 heteroatoms. The fraction of sp³-hybridized carbons (Fsp3) is 0.312. The zero-order chi connectivity index (χ0) is 31.1. The predicted octanol–water partition coefficient (Wildman–Crippen LogP) is 4.67. The lowest BCUT2D eigenvalue weighted by Gasteiger charge is -2.25. The lowest BCUT2D eigenvalue weighted by atomic mass is 9.98. The van der Waals surface area contributed by atoms with Crippen LogP contribution in [0.2, 0.25) is 0 Å². The Bertz CT molecular complexity index is 1790. The molecule has 0 saturated heterocycles. The number of pyridine rings is 1. The maximum Gasteiger partial charge on any atom is 0.258 e. The summed E-state index contributed by atoms with van der Waals surface area (Å²) in [6.07, 6.45) is 3.17. The standard InChI is InChI=1S/C32H34FN3O6S/c1-32(2,38)19-36-17-26-27(31(36)37)30(42-18-21-8-12-24(41-4)13-9-21)28-25(29(26)35(3)43(5,39)40)15-22(16-34-28)14-20-6-10-23(33)11-7-20/h6-13,15-16,38H,14,17-19H2,1-5H3. The van der Waals surface area contributed by atoms with Crippen molar-refractivity contribution in [1.82, 2.24) is 9.88 Å². The summed E-state index contributed by atoms with van der Waals surface area (Å²) in [6.45, 7) is 3.43. The minimum Gasteiger partial charge on any atom is -0.497 e. The smallest absolute Gasteiger partial charge is 0.258 e. The SMILES string of the molecule is COc1ccc(COc2c3c(c(N(C)S(C)(=O)=O)c4cc(Cc5ccc(F)cc5)cnc24)CN(CC(C)(C)O)C3=O)cc1. The van der Waals surface area contributed by atoms with Gasteiger partial charge in [0.1, 0.15) is 23.7 Å². The van der Waals surface area contributed by atoms with Crippen LogP contribution in [0.4, 0.5) is 10.1 Å². The van der Waals surface area contributed by atoms with Gasteiger partial charge < -0.3 is 19.5 Å². The molecule has 43 heavy (non-hydrogen) atoms. The number of anilines is 1. The number of methoxy groups -OCH3 is 1. The van der Waals surface area contributed by atoms with Gasteiger partial charge in [-0.15, -0.1) is 0 Å². The van der Waals surface area contributed by atoms with Crippen LogP contribution in [0.1, 0.15) is 46.5 Å². The second kappa shape index (κ2) is 11.5. The second-order valence-corrected chi connectivity index (χ2v) is 13.4. The summed E-state index contributed by atoms with van der Waals surface area (Å²) in [6, 6.07) is 15.3. The Balaban J connectivity index is 1.70. The summed E-state index contributed by atoms with van der Waals surface area (Å²) in [5, 5.41) is 11.0. The molecule has 1 aliphatic rings. The van der Waals surface area contributed by atoms with E-state index in [2.05, 4.69) is 0 Å². The van der Waals surface area contributed by atoms with Crippen molar-refractivity contribution < 1.29 is 32.2 Å². The van der Waals surface area contributed by atoms with Crippen LogP contribution in [0.5, 0.6) is 11.5 Å². The van der Waals surface area contributed by atoms with E-state index in [1.165, 1.54) is 24.1 Å². The molecule has 0 fully saturated rings. The molecule has 0 spiro atoms. The highest BCUT2D eigenvalue weighted by Crippen LogP contribution is 2.45. The summed E-state index contributed by atoms with van der Waals surface area (Å²) in [5.74, 6) is 0.204. The van der Waals surface area contributed by atoms with Crippen molar-refractivity contribution in [2.45, 2.75) is 39.0 Å². The Kier molecular flexibility index (Phi) is 8.06. The molecule has 1 N–H and O–H groups in total. The van der Waals surface area contributed by atoms with Crippen molar-refractivity contribution in [3.8, 4) is 11.5 Å². The monoisotopic (exact) mass is 607 g/mol. The third-order valence-corrected chi connectivity index (χ3v) is 8.51. The van der Waals surface area contributed by atoms with Crippen LogP contribution in [-0.4, -0.2) is 61.9 Å². The third-order valence-electron chi connectivity index (χ3n) is 7.33. The zero-order valence-electron chi connectivity index (χ0n) is 24.7. The average Bonchev–Trinajstić information content (AvgIpc) is 3.25. The zero-order valence-corrected chi connectivity index (χ0v) is 25.5. The molecule has 0 bridgehead atoms.